The Morgan fingerprint density at radius 3 is 2.39 bits per heavy atom. The Morgan fingerprint density at radius 2 is 1.72 bits per heavy atom. The fourth-order valence-corrected chi connectivity index (χ4v) is 2.84. The molecule has 0 saturated carbocycles. The van der Waals surface area contributed by atoms with Crippen molar-refractivity contribution in [2.45, 2.75) is 6.42 Å². The van der Waals surface area contributed by atoms with Crippen molar-refractivity contribution >= 4 is 28.9 Å². The number of halogens is 1. The van der Waals surface area contributed by atoms with Gasteiger partial charge in [-0.25, -0.2) is 0 Å². The number of Topliss-reactive ketones (excluding diaryl/α,β-unsaturated/α-hetero) is 2. The third kappa shape index (κ3) is 1.47. The number of fused-ring (bicyclic) bond motifs is 2. The first-order valence-corrected chi connectivity index (χ1v) is 6.10. The lowest BCUT2D eigenvalue weighted by Crippen LogP contribution is -2.39. The van der Waals surface area contributed by atoms with Crippen LogP contribution in [0.15, 0.2) is 35.4 Å². The number of ketones is 2. The Kier molecular flexibility index (Phi) is 2.45. The zero-order chi connectivity index (χ0) is 12.9. The van der Waals surface area contributed by atoms with Crippen molar-refractivity contribution in [2.75, 3.05) is 0 Å². The van der Waals surface area contributed by atoms with Crippen LogP contribution in [-0.2, 0) is 0 Å². The molecular formula is C14H10ClNO2. The Hall–Kier alpha value is -1.74. The Morgan fingerprint density at radius 1 is 1.11 bits per heavy atom. The van der Waals surface area contributed by atoms with E-state index in [4.69, 9.17) is 17.0 Å². The maximum absolute atomic E-state index is 12.3. The van der Waals surface area contributed by atoms with Gasteiger partial charge in [0.05, 0.1) is 16.7 Å². The molecule has 0 amide bonds. The second-order valence-corrected chi connectivity index (χ2v) is 5.01. The summed E-state index contributed by atoms with van der Waals surface area (Å²) in [4.78, 5) is 24.7. The van der Waals surface area contributed by atoms with Crippen LogP contribution in [0.3, 0.4) is 0 Å². The zero-order valence-corrected chi connectivity index (χ0v) is 10.2. The smallest absolute Gasteiger partial charge is 0.171 e. The fourth-order valence-electron chi connectivity index (χ4n) is 2.63. The van der Waals surface area contributed by atoms with E-state index in [-0.39, 0.29) is 28.7 Å². The first-order valence-electron chi connectivity index (χ1n) is 5.72. The van der Waals surface area contributed by atoms with Gasteiger partial charge in [-0.15, -0.1) is 0 Å². The van der Waals surface area contributed by atoms with Crippen LogP contribution in [0.2, 0.25) is 0 Å². The van der Waals surface area contributed by atoms with Crippen LogP contribution in [0.25, 0.3) is 0 Å². The average molecular weight is 260 g/mol. The van der Waals surface area contributed by atoms with Crippen LogP contribution in [0, 0.1) is 17.2 Å². The highest BCUT2D eigenvalue weighted by Crippen LogP contribution is 2.38. The van der Waals surface area contributed by atoms with E-state index in [9.17, 15) is 9.59 Å². The quantitative estimate of drug-likeness (QED) is 0.779. The molecule has 2 aliphatic carbocycles. The molecule has 90 valence electrons. The molecule has 3 nitrogen and oxygen atoms in total. The first-order chi connectivity index (χ1) is 8.59. The summed E-state index contributed by atoms with van der Waals surface area (Å²) in [5, 5.41) is 7.98. The Bertz CT molecular complexity index is 618. The molecule has 0 radical (unpaired) electrons. The number of benzene rings is 1. The zero-order valence-electron chi connectivity index (χ0n) is 9.44. The van der Waals surface area contributed by atoms with E-state index in [1.165, 1.54) is 0 Å². The molecule has 4 heteroatoms. The molecule has 0 aliphatic heterocycles. The summed E-state index contributed by atoms with van der Waals surface area (Å²) in [5.41, 5.74) is 1.18. The van der Waals surface area contributed by atoms with Gasteiger partial charge in [0.25, 0.3) is 0 Å². The molecule has 0 saturated heterocycles. The summed E-state index contributed by atoms with van der Waals surface area (Å²) in [6, 6.07) is 6.85. The lowest BCUT2D eigenvalue weighted by molar-refractivity contribution is 0.0772. The van der Waals surface area contributed by atoms with Gasteiger partial charge >= 0.3 is 0 Å². The lowest BCUT2D eigenvalue weighted by atomic mass is 9.69. The molecule has 1 N–H and O–H groups in total. The normalized spacial score (nSPS) is 26.5. The van der Waals surface area contributed by atoms with Crippen LogP contribution >= 0.6 is 11.6 Å². The summed E-state index contributed by atoms with van der Waals surface area (Å²) in [6.45, 7) is 0. The predicted octanol–water partition coefficient (Wildman–Crippen LogP) is 2.84. The minimum absolute atomic E-state index is 0.0552. The van der Waals surface area contributed by atoms with Crippen LogP contribution in [0.5, 0.6) is 0 Å². The highest BCUT2D eigenvalue weighted by molar-refractivity contribution is 6.44. The SMILES string of the molecule is N=C1C[C@H]2C(=O)c3ccccc3C(=O)[C@@H]2C=C1Cl. The van der Waals surface area contributed by atoms with Crippen molar-refractivity contribution in [1.29, 1.82) is 5.41 Å². The fraction of sp³-hybridized carbons (Fsp3) is 0.214. The van der Waals surface area contributed by atoms with Crippen molar-refractivity contribution < 1.29 is 9.59 Å². The first kappa shape index (κ1) is 11.4. The number of nitrogens with one attached hydrogen (secondary N) is 1. The minimum Gasteiger partial charge on any atom is -0.304 e. The molecule has 1 aromatic rings. The van der Waals surface area contributed by atoms with Gasteiger partial charge < -0.3 is 5.41 Å². The summed E-state index contributed by atoms with van der Waals surface area (Å²) >= 11 is 5.90. The van der Waals surface area contributed by atoms with Crippen molar-refractivity contribution in [3.63, 3.8) is 0 Å². The number of hydrogen-bond donors (Lipinski definition) is 1. The summed E-state index contributed by atoms with van der Waals surface area (Å²) in [7, 11) is 0. The van der Waals surface area contributed by atoms with Gasteiger partial charge in [0, 0.05) is 23.5 Å². The van der Waals surface area contributed by atoms with Crippen LogP contribution in [0.1, 0.15) is 27.1 Å². The van der Waals surface area contributed by atoms with Crippen LogP contribution in [0.4, 0.5) is 0 Å². The second-order valence-electron chi connectivity index (χ2n) is 4.60. The molecule has 0 bridgehead atoms. The molecular weight excluding hydrogens is 250 g/mol. The Labute approximate surface area is 109 Å². The highest BCUT2D eigenvalue weighted by atomic mass is 35.5. The van der Waals surface area contributed by atoms with Crippen molar-refractivity contribution in [2.24, 2.45) is 11.8 Å². The Balaban J connectivity index is 2.18. The number of rotatable bonds is 0. The number of hydrogen-bond acceptors (Lipinski definition) is 3. The molecule has 2 atom stereocenters. The summed E-state index contributed by atoms with van der Waals surface area (Å²) < 4.78 is 0. The van der Waals surface area contributed by atoms with E-state index in [1.54, 1.807) is 30.3 Å². The van der Waals surface area contributed by atoms with Gasteiger partial charge in [-0.2, -0.15) is 0 Å². The lowest BCUT2D eigenvalue weighted by Gasteiger charge is -2.32. The van der Waals surface area contributed by atoms with Crippen molar-refractivity contribution in [1.82, 2.24) is 0 Å². The molecule has 18 heavy (non-hydrogen) atoms. The van der Waals surface area contributed by atoms with Crippen molar-refractivity contribution in [3.05, 3.63) is 46.5 Å². The van der Waals surface area contributed by atoms with E-state index < -0.39 is 11.8 Å². The topological polar surface area (TPSA) is 58.0 Å². The maximum Gasteiger partial charge on any atom is 0.171 e. The highest BCUT2D eigenvalue weighted by Gasteiger charge is 2.42. The monoisotopic (exact) mass is 259 g/mol. The predicted molar refractivity (Wildman–Crippen MR) is 68.4 cm³/mol. The van der Waals surface area contributed by atoms with E-state index in [2.05, 4.69) is 0 Å². The third-order valence-electron chi connectivity index (χ3n) is 3.57. The van der Waals surface area contributed by atoms with E-state index >= 15 is 0 Å². The van der Waals surface area contributed by atoms with Crippen LogP contribution < -0.4 is 0 Å². The largest absolute Gasteiger partial charge is 0.304 e. The summed E-state index contributed by atoms with van der Waals surface area (Å²) in [5.74, 6) is -1.09. The van der Waals surface area contributed by atoms with E-state index in [0.717, 1.165) is 0 Å². The van der Waals surface area contributed by atoms with Gasteiger partial charge in [0.1, 0.15) is 0 Å². The molecule has 0 unspecified atom stereocenters. The number of carbonyl (C=O) groups is 2. The van der Waals surface area contributed by atoms with Gasteiger partial charge in [-0.3, -0.25) is 9.59 Å². The minimum atomic E-state index is -0.506. The van der Waals surface area contributed by atoms with Crippen molar-refractivity contribution in [3.8, 4) is 0 Å². The molecule has 0 aromatic heterocycles. The maximum atomic E-state index is 12.3. The standard InChI is InChI=1S/C14H10ClNO2/c15-11-5-9-10(6-12(11)16)14(18)8-4-2-1-3-7(8)13(9)17/h1-5,9-10,16H,6H2/t9-,10-/m1/s1. The third-order valence-corrected chi connectivity index (χ3v) is 3.92. The average Bonchev–Trinajstić information content (AvgIpc) is 2.38. The van der Waals surface area contributed by atoms with Gasteiger partial charge in [0.2, 0.25) is 0 Å². The molecule has 1 aromatic carbocycles. The number of allylic oxidation sites excluding steroid dienone is 2. The summed E-state index contributed by atoms with van der Waals surface area (Å²) in [6.07, 6.45) is 1.80. The van der Waals surface area contributed by atoms with Gasteiger partial charge in [0.15, 0.2) is 11.6 Å². The van der Waals surface area contributed by atoms with Gasteiger partial charge in [-0.1, -0.05) is 41.9 Å². The second kappa shape index (κ2) is 3.89. The van der Waals surface area contributed by atoms with E-state index in [1.807, 2.05) is 0 Å². The molecule has 0 heterocycles. The van der Waals surface area contributed by atoms with E-state index in [0.29, 0.717) is 11.1 Å². The molecule has 3 rings (SSSR count). The van der Waals surface area contributed by atoms with Crippen LogP contribution in [-0.4, -0.2) is 17.3 Å². The van der Waals surface area contributed by atoms with Gasteiger partial charge in [-0.05, 0) is 0 Å². The molecule has 2 aliphatic rings. The molecule has 0 spiro atoms. The molecule has 0 fully saturated rings. The number of carbonyl (C=O) groups excluding carboxylic acids is 2.